The fraction of sp³-hybridized carbons (Fsp3) is 0.964. The van der Waals surface area contributed by atoms with E-state index in [1.54, 1.807) is 0 Å². The number of ether oxygens (including phenoxy) is 1. The van der Waals surface area contributed by atoms with Crippen LogP contribution < -0.4 is 5.32 Å². The normalized spacial score (nSPS) is 13.0. The minimum Gasteiger partial charge on any atom is -0.462 e. The average Bonchev–Trinajstić information content (AvgIpc) is 3.26. The topological polar surface area (TPSA) is 95.9 Å². The fourth-order valence-electron chi connectivity index (χ4n) is 9.14. The average molecular weight is 879 g/mol. The van der Waals surface area contributed by atoms with Gasteiger partial charge in [-0.15, -0.1) is 0 Å². The van der Waals surface area contributed by atoms with E-state index in [1.165, 1.54) is 238 Å². The molecule has 6 nitrogen and oxygen atoms in total. The maximum Gasteiger partial charge on any atom is 0.306 e. The van der Waals surface area contributed by atoms with Crippen molar-refractivity contribution in [3.63, 3.8) is 0 Å². The van der Waals surface area contributed by atoms with E-state index in [2.05, 4.69) is 26.1 Å². The predicted molar refractivity (Wildman–Crippen MR) is 269 cm³/mol. The smallest absolute Gasteiger partial charge is 0.306 e. The van der Waals surface area contributed by atoms with Crippen molar-refractivity contribution in [1.29, 1.82) is 0 Å². The van der Waals surface area contributed by atoms with E-state index in [-0.39, 0.29) is 24.9 Å². The van der Waals surface area contributed by atoms with Gasteiger partial charge in [-0.1, -0.05) is 284 Å². The van der Waals surface area contributed by atoms with Gasteiger partial charge < -0.3 is 20.3 Å². The molecule has 3 unspecified atom stereocenters. The van der Waals surface area contributed by atoms with Gasteiger partial charge in [0.25, 0.3) is 0 Å². The standard InChI is InChI=1S/C56H111NO5/c1-4-7-10-13-16-19-22-25-27-28-30-33-36-39-42-45-48-54(59)53(51-58)57-55(60)50-52(47-44-41-38-35-32-29-24-21-18-15-12-9-6-3)62-56(61)49-46-43-40-37-34-31-26-23-20-17-14-11-8-5-2/h52-54,58-59H,4-51H2,1-3H3,(H,57,60). The van der Waals surface area contributed by atoms with Crippen molar-refractivity contribution in [2.75, 3.05) is 6.61 Å². The van der Waals surface area contributed by atoms with E-state index in [0.29, 0.717) is 19.3 Å². The molecule has 0 radical (unpaired) electrons. The van der Waals surface area contributed by atoms with Gasteiger partial charge in [0.1, 0.15) is 6.10 Å². The maximum atomic E-state index is 13.2. The molecule has 0 fully saturated rings. The number of esters is 1. The van der Waals surface area contributed by atoms with Crippen LogP contribution in [0.4, 0.5) is 0 Å². The quantitative estimate of drug-likeness (QED) is 0.0418. The van der Waals surface area contributed by atoms with E-state index in [9.17, 15) is 19.8 Å². The van der Waals surface area contributed by atoms with Gasteiger partial charge in [-0.05, 0) is 25.7 Å². The summed E-state index contributed by atoms with van der Waals surface area (Å²) in [7, 11) is 0. The fourth-order valence-corrected chi connectivity index (χ4v) is 9.14. The summed E-state index contributed by atoms with van der Waals surface area (Å²) >= 11 is 0. The van der Waals surface area contributed by atoms with Crippen molar-refractivity contribution >= 4 is 11.9 Å². The number of aliphatic hydroxyl groups excluding tert-OH is 2. The Morgan fingerprint density at radius 3 is 0.984 bits per heavy atom. The van der Waals surface area contributed by atoms with Crippen LogP contribution in [0.1, 0.15) is 323 Å². The first-order chi connectivity index (χ1) is 30.5. The van der Waals surface area contributed by atoms with Crippen LogP contribution in [0, 0.1) is 0 Å². The number of hydrogen-bond donors (Lipinski definition) is 3. The van der Waals surface area contributed by atoms with E-state index >= 15 is 0 Å². The zero-order valence-electron chi connectivity index (χ0n) is 42.3. The highest BCUT2D eigenvalue weighted by molar-refractivity contribution is 5.77. The maximum absolute atomic E-state index is 13.2. The van der Waals surface area contributed by atoms with Gasteiger partial charge in [-0.25, -0.2) is 0 Å². The molecule has 0 aromatic carbocycles. The Morgan fingerprint density at radius 1 is 0.403 bits per heavy atom. The summed E-state index contributed by atoms with van der Waals surface area (Å²) in [5, 5.41) is 23.9. The first-order valence-corrected chi connectivity index (χ1v) is 28.3. The van der Waals surface area contributed by atoms with Crippen molar-refractivity contribution in [2.45, 2.75) is 341 Å². The monoisotopic (exact) mass is 878 g/mol. The molecule has 0 heterocycles. The summed E-state index contributed by atoms with van der Waals surface area (Å²) in [5.41, 5.74) is 0. The first-order valence-electron chi connectivity index (χ1n) is 28.3. The highest BCUT2D eigenvalue weighted by atomic mass is 16.5. The Labute approximate surface area is 387 Å². The lowest BCUT2D eigenvalue weighted by Crippen LogP contribution is -2.46. The Bertz CT molecular complexity index is 898. The summed E-state index contributed by atoms with van der Waals surface area (Å²) < 4.78 is 5.96. The summed E-state index contributed by atoms with van der Waals surface area (Å²) in [6, 6.07) is -0.693. The van der Waals surface area contributed by atoms with Crippen LogP contribution >= 0.6 is 0 Å². The molecule has 0 saturated carbocycles. The van der Waals surface area contributed by atoms with Crippen molar-refractivity contribution in [2.24, 2.45) is 0 Å². The lowest BCUT2D eigenvalue weighted by Gasteiger charge is -2.24. The Morgan fingerprint density at radius 2 is 0.677 bits per heavy atom. The number of carbonyl (C=O) groups is 2. The highest BCUT2D eigenvalue weighted by Crippen LogP contribution is 2.19. The second-order valence-electron chi connectivity index (χ2n) is 19.7. The lowest BCUT2D eigenvalue weighted by atomic mass is 10.0. The van der Waals surface area contributed by atoms with Gasteiger partial charge in [0.15, 0.2) is 0 Å². The van der Waals surface area contributed by atoms with Gasteiger partial charge >= 0.3 is 5.97 Å². The number of nitrogens with one attached hydrogen (secondary N) is 1. The van der Waals surface area contributed by atoms with Crippen molar-refractivity contribution in [3.05, 3.63) is 0 Å². The molecule has 0 bridgehead atoms. The molecule has 0 saturated heterocycles. The molecule has 0 aliphatic rings. The summed E-state index contributed by atoms with van der Waals surface area (Å²) in [5.74, 6) is -0.447. The van der Waals surface area contributed by atoms with E-state index < -0.39 is 18.2 Å². The summed E-state index contributed by atoms with van der Waals surface area (Å²) in [4.78, 5) is 26.2. The molecule has 0 spiro atoms. The van der Waals surface area contributed by atoms with Gasteiger partial charge in [0, 0.05) is 6.42 Å². The predicted octanol–water partition coefficient (Wildman–Crippen LogP) is 17.1. The van der Waals surface area contributed by atoms with Crippen LogP contribution in [-0.4, -0.2) is 46.9 Å². The molecule has 3 N–H and O–H groups in total. The van der Waals surface area contributed by atoms with Gasteiger partial charge in [0.05, 0.1) is 25.2 Å². The number of unbranched alkanes of at least 4 members (excludes halogenated alkanes) is 40. The molecule has 0 rings (SSSR count). The van der Waals surface area contributed by atoms with Crippen LogP contribution in [0.3, 0.4) is 0 Å². The highest BCUT2D eigenvalue weighted by Gasteiger charge is 2.24. The summed E-state index contributed by atoms with van der Waals surface area (Å²) in [6.45, 7) is 6.53. The van der Waals surface area contributed by atoms with Crippen LogP contribution in [0.15, 0.2) is 0 Å². The largest absolute Gasteiger partial charge is 0.462 e. The Hall–Kier alpha value is -1.14. The molecular formula is C56H111NO5. The van der Waals surface area contributed by atoms with E-state index in [0.717, 1.165) is 38.5 Å². The van der Waals surface area contributed by atoms with Crippen LogP contribution in [-0.2, 0) is 14.3 Å². The van der Waals surface area contributed by atoms with Crippen LogP contribution in [0.5, 0.6) is 0 Å². The number of amides is 1. The third-order valence-corrected chi connectivity index (χ3v) is 13.4. The Balaban J connectivity index is 4.46. The minimum atomic E-state index is -0.780. The third-order valence-electron chi connectivity index (χ3n) is 13.4. The second kappa shape index (κ2) is 50.9. The van der Waals surface area contributed by atoms with E-state index in [1.807, 2.05) is 0 Å². The first kappa shape index (κ1) is 60.9. The van der Waals surface area contributed by atoms with Gasteiger partial charge in [0.2, 0.25) is 5.91 Å². The Kier molecular flexibility index (Phi) is 49.9. The second-order valence-corrected chi connectivity index (χ2v) is 19.7. The minimum absolute atomic E-state index is 0.0883. The van der Waals surface area contributed by atoms with Gasteiger partial charge in [-0.2, -0.15) is 0 Å². The SMILES string of the molecule is CCCCCCCCCCCCCCCCCCC(O)C(CO)NC(=O)CC(CCCCCCCCCCCCCCC)OC(=O)CCCCCCCCCCCCCCCC. The van der Waals surface area contributed by atoms with Crippen molar-refractivity contribution in [3.8, 4) is 0 Å². The van der Waals surface area contributed by atoms with E-state index in [4.69, 9.17) is 4.74 Å². The lowest BCUT2D eigenvalue weighted by molar-refractivity contribution is -0.151. The number of rotatable bonds is 52. The number of aliphatic hydroxyl groups is 2. The zero-order valence-corrected chi connectivity index (χ0v) is 42.3. The summed E-state index contributed by atoms with van der Waals surface area (Å²) in [6.07, 6.45) is 55.9. The molecule has 0 aromatic heterocycles. The molecule has 62 heavy (non-hydrogen) atoms. The van der Waals surface area contributed by atoms with Gasteiger partial charge in [-0.3, -0.25) is 9.59 Å². The molecule has 370 valence electrons. The molecule has 0 aromatic rings. The molecule has 6 heteroatoms. The van der Waals surface area contributed by atoms with Crippen LogP contribution in [0.2, 0.25) is 0 Å². The molecule has 1 amide bonds. The number of carbonyl (C=O) groups excluding carboxylic acids is 2. The molecule has 3 atom stereocenters. The molecule has 0 aliphatic heterocycles. The third kappa shape index (κ3) is 45.4. The van der Waals surface area contributed by atoms with Crippen molar-refractivity contribution < 1.29 is 24.5 Å². The molecular weight excluding hydrogens is 767 g/mol. The number of hydrogen-bond acceptors (Lipinski definition) is 5. The zero-order chi connectivity index (χ0) is 45.2. The van der Waals surface area contributed by atoms with Crippen molar-refractivity contribution in [1.82, 2.24) is 5.32 Å². The van der Waals surface area contributed by atoms with Crippen LogP contribution in [0.25, 0.3) is 0 Å². The molecule has 0 aliphatic carbocycles.